The summed E-state index contributed by atoms with van der Waals surface area (Å²) < 4.78 is 13.8. The molecular weight excluding hydrogens is 253 g/mol. The molecule has 0 atom stereocenters. The molecule has 2 N–H and O–H groups in total. The van der Waals surface area contributed by atoms with Gasteiger partial charge in [0.15, 0.2) is 0 Å². The second-order valence-corrected chi connectivity index (χ2v) is 5.09. The zero-order chi connectivity index (χ0) is 14.1. The second-order valence-electron chi connectivity index (χ2n) is 5.09. The number of hydrogen-bond acceptors (Lipinski definition) is 3. The van der Waals surface area contributed by atoms with E-state index < -0.39 is 0 Å². The molecule has 0 aromatic heterocycles. The summed E-state index contributed by atoms with van der Waals surface area (Å²) in [5, 5.41) is 8.89. The van der Waals surface area contributed by atoms with Crippen LogP contribution in [0.4, 0.5) is 10.1 Å². The molecule has 2 aromatic carbocycles. The molecule has 3 rings (SSSR count). The number of nitrogens with zero attached hydrogens (tertiary/aromatic N) is 2. The van der Waals surface area contributed by atoms with E-state index in [1.165, 1.54) is 23.3 Å². The van der Waals surface area contributed by atoms with E-state index in [-0.39, 0.29) is 5.82 Å². The van der Waals surface area contributed by atoms with Crippen molar-refractivity contribution in [2.24, 2.45) is 0 Å². The minimum Gasteiger partial charge on any atom is -0.399 e. The van der Waals surface area contributed by atoms with E-state index in [1.807, 2.05) is 24.3 Å². The maximum absolute atomic E-state index is 13.8. The smallest absolute Gasteiger partial charge is 0.127 e. The molecule has 0 saturated carbocycles. The largest absolute Gasteiger partial charge is 0.399 e. The Balaban J connectivity index is 1.80. The van der Waals surface area contributed by atoms with Crippen LogP contribution in [0, 0.1) is 17.1 Å². The fourth-order valence-corrected chi connectivity index (χ4v) is 2.60. The van der Waals surface area contributed by atoms with Crippen molar-refractivity contribution in [2.75, 3.05) is 5.73 Å². The van der Waals surface area contributed by atoms with E-state index >= 15 is 0 Å². The van der Waals surface area contributed by atoms with Crippen molar-refractivity contribution in [3.63, 3.8) is 0 Å². The molecule has 1 aliphatic heterocycles. The third-order valence-corrected chi connectivity index (χ3v) is 3.59. The molecule has 0 bridgehead atoms. The lowest BCUT2D eigenvalue weighted by molar-refractivity contribution is 0.271. The summed E-state index contributed by atoms with van der Waals surface area (Å²) in [7, 11) is 0. The van der Waals surface area contributed by atoms with Crippen LogP contribution in [-0.2, 0) is 19.6 Å². The molecule has 0 fully saturated rings. The number of halogens is 1. The molecule has 100 valence electrons. The molecule has 20 heavy (non-hydrogen) atoms. The molecule has 0 spiro atoms. The zero-order valence-corrected chi connectivity index (χ0v) is 10.9. The summed E-state index contributed by atoms with van der Waals surface area (Å²) in [6.07, 6.45) is 0. The lowest BCUT2D eigenvalue weighted by Gasteiger charge is -2.15. The van der Waals surface area contributed by atoms with Crippen LogP contribution < -0.4 is 5.73 Å². The predicted molar refractivity (Wildman–Crippen MR) is 74.9 cm³/mol. The van der Waals surface area contributed by atoms with Crippen molar-refractivity contribution < 1.29 is 4.39 Å². The second kappa shape index (κ2) is 4.95. The predicted octanol–water partition coefficient (Wildman–Crippen LogP) is 2.80. The monoisotopic (exact) mass is 267 g/mol. The van der Waals surface area contributed by atoms with Crippen molar-refractivity contribution >= 4 is 5.69 Å². The number of fused-ring (bicyclic) bond motifs is 1. The Morgan fingerprint density at radius 2 is 1.95 bits per heavy atom. The summed E-state index contributed by atoms with van der Waals surface area (Å²) in [5.74, 6) is -0.264. The van der Waals surface area contributed by atoms with Gasteiger partial charge in [0.2, 0.25) is 0 Å². The van der Waals surface area contributed by atoms with Crippen molar-refractivity contribution in [2.45, 2.75) is 19.6 Å². The van der Waals surface area contributed by atoms with Gasteiger partial charge in [-0.25, -0.2) is 4.39 Å². The maximum Gasteiger partial charge on any atom is 0.127 e. The van der Waals surface area contributed by atoms with Crippen LogP contribution in [0.3, 0.4) is 0 Å². The molecule has 3 nitrogen and oxygen atoms in total. The summed E-state index contributed by atoms with van der Waals surface area (Å²) in [4.78, 5) is 2.14. The van der Waals surface area contributed by atoms with Crippen LogP contribution in [0.2, 0.25) is 0 Å². The number of hydrogen-bond donors (Lipinski definition) is 1. The highest BCUT2D eigenvalue weighted by molar-refractivity contribution is 5.46. The fraction of sp³-hybridized carbons (Fsp3) is 0.188. The first kappa shape index (κ1) is 12.6. The van der Waals surface area contributed by atoms with E-state index in [1.54, 1.807) is 6.07 Å². The topological polar surface area (TPSA) is 53.0 Å². The Morgan fingerprint density at radius 3 is 2.75 bits per heavy atom. The number of benzene rings is 2. The average molecular weight is 267 g/mol. The van der Waals surface area contributed by atoms with Gasteiger partial charge in [-0.15, -0.1) is 0 Å². The van der Waals surface area contributed by atoms with E-state index in [2.05, 4.69) is 4.90 Å². The van der Waals surface area contributed by atoms with Crippen LogP contribution >= 0.6 is 0 Å². The van der Waals surface area contributed by atoms with E-state index in [9.17, 15) is 4.39 Å². The van der Waals surface area contributed by atoms with Gasteiger partial charge >= 0.3 is 0 Å². The van der Waals surface area contributed by atoms with Crippen LogP contribution in [-0.4, -0.2) is 4.90 Å². The van der Waals surface area contributed by atoms with Gasteiger partial charge in [-0.2, -0.15) is 5.26 Å². The molecule has 1 aliphatic rings. The van der Waals surface area contributed by atoms with Gasteiger partial charge in [0, 0.05) is 30.9 Å². The standard InChI is InChI=1S/C16H14FN3/c17-16-4-1-11(7-18)5-14(16)10-20-8-12-2-3-15(19)6-13(12)9-20/h1-6H,8-10,19H2. The third kappa shape index (κ3) is 2.36. The van der Waals surface area contributed by atoms with Crippen molar-refractivity contribution in [1.29, 1.82) is 5.26 Å². The molecule has 0 saturated heterocycles. The van der Waals surface area contributed by atoms with Crippen molar-refractivity contribution in [3.8, 4) is 6.07 Å². The van der Waals surface area contributed by atoms with Crippen LogP contribution in [0.25, 0.3) is 0 Å². The highest BCUT2D eigenvalue weighted by Crippen LogP contribution is 2.26. The molecular formula is C16H14FN3. The van der Waals surface area contributed by atoms with Crippen LogP contribution in [0.1, 0.15) is 22.3 Å². The Kier molecular flexibility index (Phi) is 3.13. The highest BCUT2D eigenvalue weighted by atomic mass is 19.1. The van der Waals surface area contributed by atoms with E-state index in [0.717, 1.165) is 18.8 Å². The normalized spacial score (nSPS) is 14.0. The van der Waals surface area contributed by atoms with Gasteiger partial charge in [0.05, 0.1) is 11.6 Å². The lowest BCUT2D eigenvalue weighted by atomic mass is 10.1. The van der Waals surface area contributed by atoms with Gasteiger partial charge in [0.25, 0.3) is 0 Å². The lowest BCUT2D eigenvalue weighted by Crippen LogP contribution is -2.16. The quantitative estimate of drug-likeness (QED) is 0.851. The molecule has 0 amide bonds. The zero-order valence-electron chi connectivity index (χ0n) is 10.9. The molecule has 1 heterocycles. The fourth-order valence-electron chi connectivity index (χ4n) is 2.60. The van der Waals surface area contributed by atoms with Gasteiger partial charge in [-0.3, -0.25) is 4.90 Å². The van der Waals surface area contributed by atoms with Crippen molar-refractivity contribution in [1.82, 2.24) is 4.90 Å². The van der Waals surface area contributed by atoms with Gasteiger partial charge in [0.1, 0.15) is 5.82 Å². The summed E-state index contributed by atoms with van der Waals surface area (Å²) >= 11 is 0. The SMILES string of the molecule is N#Cc1ccc(F)c(CN2Cc3ccc(N)cc3C2)c1. The third-order valence-electron chi connectivity index (χ3n) is 3.59. The number of nitrogens with two attached hydrogens (primary N) is 1. The van der Waals surface area contributed by atoms with Gasteiger partial charge in [-0.1, -0.05) is 6.07 Å². The number of anilines is 1. The molecule has 0 unspecified atom stereocenters. The number of nitrogen functional groups attached to an aromatic ring is 1. The molecule has 2 aromatic rings. The minimum atomic E-state index is -0.264. The van der Waals surface area contributed by atoms with Crippen molar-refractivity contribution in [3.05, 3.63) is 64.5 Å². The van der Waals surface area contributed by atoms with Gasteiger partial charge in [-0.05, 0) is 41.5 Å². The Hall–Kier alpha value is -2.38. The summed E-state index contributed by atoms with van der Waals surface area (Å²) in [5.41, 5.74) is 10.0. The molecule has 4 heteroatoms. The first-order chi connectivity index (χ1) is 9.65. The maximum atomic E-state index is 13.8. The first-order valence-electron chi connectivity index (χ1n) is 6.44. The Bertz CT molecular complexity index is 703. The summed E-state index contributed by atoms with van der Waals surface area (Å²) in [6, 6.07) is 12.4. The number of nitriles is 1. The van der Waals surface area contributed by atoms with Crippen LogP contribution in [0.5, 0.6) is 0 Å². The Labute approximate surface area is 117 Å². The molecule has 0 radical (unpaired) electrons. The average Bonchev–Trinajstić information content (AvgIpc) is 2.82. The van der Waals surface area contributed by atoms with Gasteiger partial charge < -0.3 is 5.73 Å². The highest BCUT2D eigenvalue weighted by Gasteiger charge is 2.20. The van der Waals surface area contributed by atoms with Crippen LogP contribution in [0.15, 0.2) is 36.4 Å². The first-order valence-corrected chi connectivity index (χ1v) is 6.44. The van der Waals surface area contributed by atoms with E-state index in [0.29, 0.717) is 17.7 Å². The Morgan fingerprint density at radius 1 is 1.15 bits per heavy atom. The van der Waals surface area contributed by atoms with E-state index in [4.69, 9.17) is 11.0 Å². The minimum absolute atomic E-state index is 0.264. The molecule has 0 aliphatic carbocycles. The number of rotatable bonds is 2. The summed E-state index contributed by atoms with van der Waals surface area (Å²) in [6.45, 7) is 2.04.